The van der Waals surface area contributed by atoms with Gasteiger partial charge in [-0.25, -0.2) is 0 Å². The van der Waals surface area contributed by atoms with Crippen molar-refractivity contribution in [1.82, 2.24) is 0 Å². The molecule has 0 spiro atoms. The second kappa shape index (κ2) is 5.27. The van der Waals surface area contributed by atoms with Crippen molar-refractivity contribution in [1.29, 1.82) is 0 Å². The molecule has 7 heteroatoms. The summed E-state index contributed by atoms with van der Waals surface area (Å²) in [4.78, 5) is 26.1. The number of nitrogens with one attached hydrogen (secondary N) is 1. The number of benzene rings is 1. The van der Waals surface area contributed by atoms with Gasteiger partial charge in [-0.15, -0.1) is 0 Å². The van der Waals surface area contributed by atoms with E-state index in [9.17, 15) is 9.59 Å². The van der Waals surface area contributed by atoms with Crippen LogP contribution in [-0.4, -0.2) is 18.3 Å². The van der Waals surface area contributed by atoms with Crippen molar-refractivity contribution >= 4 is 35.6 Å². The van der Waals surface area contributed by atoms with Crippen LogP contribution in [0.5, 0.6) is 11.5 Å². The Labute approximate surface area is 114 Å². The number of carbonyl (C=O) groups is 2. The van der Waals surface area contributed by atoms with Gasteiger partial charge in [0, 0.05) is 31.2 Å². The number of hydrogen-bond donors (Lipinski definition) is 1. The second-order valence-electron chi connectivity index (χ2n) is 3.83. The molecule has 0 saturated carbocycles. The molecule has 1 unspecified atom stereocenters. The normalized spacial score (nSPS) is 16.3. The lowest BCUT2D eigenvalue weighted by atomic mass is 10.1. The first kappa shape index (κ1) is 13.4. The summed E-state index contributed by atoms with van der Waals surface area (Å²) in [5, 5.41) is 2.88. The van der Waals surface area contributed by atoms with Crippen LogP contribution < -0.4 is 14.8 Å². The van der Waals surface area contributed by atoms with Crippen molar-refractivity contribution in [2.24, 2.45) is 4.99 Å². The highest BCUT2D eigenvalue weighted by Crippen LogP contribution is 2.40. The van der Waals surface area contributed by atoms with Gasteiger partial charge in [-0.1, -0.05) is 11.6 Å². The molecule has 0 saturated heterocycles. The Morgan fingerprint density at radius 1 is 1.21 bits per heavy atom. The number of aliphatic imine (C=N–C) groups is 1. The van der Waals surface area contributed by atoms with Gasteiger partial charge in [0.1, 0.15) is 0 Å². The van der Waals surface area contributed by atoms with Crippen molar-refractivity contribution in [3.8, 4) is 11.5 Å². The van der Waals surface area contributed by atoms with Gasteiger partial charge in [-0.2, -0.15) is 0 Å². The first-order valence-corrected chi connectivity index (χ1v) is 5.88. The number of hydrogen-bond acceptors (Lipinski definition) is 6. The van der Waals surface area contributed by atoms with Crippen LogP contribution in [0.1, 0.15) is 24.9 Å². The Balaban J connectivity index is 2.47. The zero-order chi connectivity index (χ0) is 14.0. The number of halogens is 1. The lowest BCUT2D eigenvalue weighted by Crippen LogP contribution is -2.11. The predicted molar refractivity (Wildman–Crippen MR) is 69.8 cm³/mol. The van der Waals surface area contributed by atoms with E-state index in [2.05, 4.69) is 10.3 Å². The largest absolute Gasteiger partial charge is 0.423 e. The molecule has 0 fully saturated rings. The van der Waals surface area contributed by atoms with Gasteiger partial charge in [0.2, 0.25) is 0 Å². The van der Waals surface area contributed by atoms with Crippen molar-refractivity contribution < 1.29 is 19.1 Å². The molecule has 1 aromatic carbocycles. The fourth-order valence-electron chi connectivity index (χ4n) is 1.62. The summed E-state index contributed by atoms with van der Waals surface area (Å²) in [5.74, 6) is -0.758. The molecular weight excluding hydrogens is 272 g/mol. The number of alkyl halides is 1. The Bertz CT molecular complexity index is 571. The molecule has 0 aliphatic carbocycles. The number of fused-ring (bicyclic) bond motifs is 1. The predicted octanol–water partition coefficient (Wildman–Crippen LogP) is 2.23. The van der Waals surface area contributed by atoms with Crippen molar-refractivity contribution in [2.45, 2.75) is 19.3 Å². The Morgan fingerprint density at radius 2 is 1.79 bits per heavy atom. The Kier molecular flexibility index (Phi) is 3.71. The van der Waals surface area contributed by atoms with E-state index in [-0.39, 0.29) is 11.5 Å². The van der Waals surface area contributed by atoms with Crippen LogP contribution in [0, 0.1) is 0 Å². The highest BCUT2D eigenvalue weighted by molar-refractivity contribution is 6.22. The fourth-order valence-corrected chi connectivity index (χ4v) is 1.86. The molecule has 1 aliphatic heterocycles. The molecule has 6 nitrogen and oxygen atoms in total. The van der Waals surface area contributed by atoms with Gasteiger partial charge in [0.15, 0.2) is 17.0 Å². The zero-order valence-electron chi connectivity index (χ0n) is 10.3. The summed E-state index contributed by atoms with van der Waals surface area (Å²) >= 11 is 6.03. The second-order valence-corrected chi connectivity index (χ2v) is 4.25. The van der Waals surface area contributed by atoms with Gasteiger partial charge in [-0.05, 0) is 6.07 Å². The molecule has 1 N–H and O–H groups in total. The molecule has 100 valence electrons. The summed E-state index contributed by atoms with van der Waals surface area (Å²) in [7, 11) is 0. The van der Waals surface area contributed by atoms with Gasteiger partial charge in [0.05, 0.1) is 6.34 Å². The number of rotatable bonds is 2. The highest BCUT2D eigenvalue weighted by Gasteiger charge is 2.21. The zero-order valence-corrected chi connectivity index (χ0v) is 11.0. The quantitative estimate of drug-likeness (QED) is 0.389. The fraction of sp³-hybridized carbons (Fsp3) is 0.250. The summed E-state index contributed by atoms with van der Waals surface area (Å²) in [6.07, 6.45) is 1.45. The van der Waals surface area contributed by atoms with Crippen LogP contribution in [0.2, 0.25) is 0 Å². The average Bonchev–Trinajstić information content (AvgIpc) is 2.29. The molecule has 19 heavy (non-hydrogen) atoms. The van der Waals surface area contributed by atoms with E-state index in [0.29, 0.717) is 11.3 Å². The molecule has 1 atom stereocenters. The summed E-state index contributed by atoms with van der Waals surface area (Å²) in [6.45, 7) is 2.52. The standard InChI is InChI=1S/C12H11ClN2O4/c1-6(16)18-10-3-8-9(14-5-15-12(8)13)4-11(10)19-7(2)17/h3-5,12H,1-2H3,(H,14,15). The molecule has 0 radical (unpaired) electrons. The smallest absolute Gasteiger partial charge is 0.308 e. The monoisotopic (exact) mass is 282 g/mol. The first-order valence-electron chi connectivity index (χ1n) is 5.44. The summed E-state index contributed by atoms with van der Waals surface area (Å²) in [6, 6.07) is 3.06. The first-order chi connectivity index (χ1) is 8.97. The molecule has 2 rings (SSSR count). The summed E-state index contributed by atoms with van der Waals surface area (Å²) < 4.78 is 10.0. The number of anilines is 1. The number of esters is 2. The highest BCUT2D eigenvalue weighted by atomic mass is 35.5. The van der Waals surface area contributed by atoms with E-state index in [0.717, 1.165) is 0 Å². The maximum absolute atomic E-state index is 11.1. The van der Waals surface area contributed by atoms with Gasteiger partial charge < -0.3 is 14.8 Å². The van der Waals surface area contributed by atoms with Crippen LogP contribution in [0.4, 0.5) is 5.69 Å². The molecular formula is C12H11ClN2O4. The van der Waals surface area contributed by atoms with Gasteiger partial charge in [0.25, 0.3) is 0 Å². The molecule has 0 aromatic heterocycles. The molecule has 1 aliphatic rings. The van der Waals surface area contributed by atoms with E-state index in [1.165, 1.54) is 32.3 Å². The lowest BCUT2D eigenvalue weighted by Gasteiger charge is -2.19. The number of nitrogens with zero attached hydrogens (tertiary/aromatic N) is 1. The molecule has 1 heterocycles. The van der Waals surface area contributed by atoms with Crippen LogP contribution >= 0.6 is 11.6 Å². The topological polar surface area (TPSA) is 77.0 Å². The third-order valence-corrected chi connectivity index (χ3v) is 2.65. The number of carbonyl (C=O) groups excluding carboxylic acids is 2. The van der Waals surface area contributed by atoms with Crippen LogP contribution in [-0.2, 0) is 9.59 Å². The van der Waals surface area contributed by atoms with E-state index < -0.39 is 17.4 Å². The maximum Gasteiger partial charge on any atom is 0.308 e. The molecule has 1 aromatic rings. The van der Waals surface area contributed by atoms with Crippen LogP contribution in [0.3, 0.4) is 0 Å². The van der Waals surface area contributed by atoms with Crippen LogP contribution in [0.15, 0.2) is 17.1 Å². The minimum Gasteiger partial charge on any atom is -0.423 e. The number of ether oxygens (including phenoxy) is 2. The SMILES string of the molecule is CC(=O)Oc1cc2c(cc1OC(C)=O)C(Cl)N=CN2. The average molecular weight is 283 g/mol. The van der Waals surface area contributed by atoms with E-state index in [1.807, 2.05) is 0 Å². The Hall–Kier alpha value is -2.08. The minimum absolute atomic E-state index is 0.131. The molecule has 0 amide bonds. The van der Waals surface area contributed by atoms with Gasteiger partial charge in [-0.3, -0.25) is 14.6 Å². The minimum atomic E-state index is -0.586. The molecule has 0 bridgehead atoms. The van der Waals surface area contributed by atoms with Crippen LogP contribution in [0.25, 0.3) is 0 Å². The third kappa shape index (κ3) is 3.03. The third-order valence-electron chi connectivity index (χ3n) is 2.31. The van der Waals surface area contributed by atoms with E-state index in [1.54, 1.807) is 0 Å². The van der Waals surface area contributed by atoms with Crippen molar-refractivity contribution in [2.75, 3.05) is 5.32 Å². The van der Waals surface area contributed by atoms with E-state index in [4.69, 9.17) is 21.1 Å². The van der Waals surface area contributed by atoms with Gasteiger partial charge >= 0.3 is 11.9 Å². The van der Waals surface area contributed by atoms with Crippen molar-refractivity contribution in [3.05, 3.63) is 17.7 Å². The van der Waals surface area contributed by atoms with E-state index >= 15 is 0 Å². The lowest BCUT2D eigenvalue weighted by molar-refractivity contribution is -0.134. The summed E-state index contributed by atoms with van der Waals surface area (Å²) in [5.41, 5.74) is 0.690. The Morgan fingerprint density at radius 3 is 2.37 bits per heavy atom. The van der Waals surface area contributed by atoms with Crippen molar-refractivity contribution in [3.63, 3.8) is 0 Å². The maximum atomic E-state index is 11.1.